The number of Topliss-reactive ketones (excluding diaryl/α,β-unsaturated/α-hetero) is 2. The first-order chi connectivity index (χ1) is 28.6. The molecule has 0 aliphatic carbocycles. The standard InChI is InChI=1S/C46H73N5O9/c1-11-29(4)43(49(8)46(57)35(28(2)3)25-39(54)42(47-7)31(6)52)40(58-9)26-41(55)50-20-16-19-37(50)44(59-10)30(5)38(53)24-32(45(56)51-21-14-15-22-60-51)23-33-27-48-36-18-13-12-17-34(33)36/h12-13,17-18,27-32,35,37,40,42-44,47-48,52H,11,14-16,19-26H2,1-10H3/t29-,30-,31?,32+,35-,37-,40+,42-,43-,44+/m0/s1. The van der Waals surface area contributed by atoms with Crippen LogP contribution in [0.2, 0.25) is 0 Å². The maximum absolute atomic E-state index is 14.4. The van der Waals surface area contributed by atoms with Gasteiger partial charge in [-0.05, 0) is 69.5 Å². The number of hydroxylamine groups is 2. The van der Waals surface area contributed by atoms with Gasteiger partial charge in [-0.25, -0.2) is 5.06 Å². The van der Waals surface area contributed by atoms with Gasteiger partial charge in [0, 0.05) is 76.1 Å². The Bertz CT molecular complexity index is 1720. The lowest BCUT2D eigenvalue weighted by Gasteiger charge is -2.41. The topological polar surface area (TPSA) is 171 Å². The van der Waals surface area contributed by atoms with Crippen LogP contribution in [0.4, 0.5) is 0 Å². The zero-order valence-electron chi connectivity index (χ0n) is 37.8. The number of carbonyl (C=O) groups is 5. The lowest BCUT2D eigenvalue weighted by molar-refractivity contribution is -0.201. The van der Waals surface area contributed by atoms with Crippen molar-refractivity contribution in [1.29, 1.82) is 0 Å². The number of nitrogens with one attached hydrogen (secondary N) is 2. The number of benzene rings is 1. The van der Waals surface area contributed by atoms with Gasteiger partial charge in [0.2, 0.25) is 17.7 Å². The number of para-hydroxylation sites is 1. The van der Waals surface area contributed by atoms with Crippen LogP contribution < -0.4 is 5.32 Å². The molecule has 2 aromatic rings. The highest BCUT2D eigenvalue weighted by Crippen LogP contribution is 2.32. The summed E-state index contributed by atoms with van der Waals surface area (Å²) in [5.74, 6) is -3.01. The maximum atomic E-state index is 14.4. The lowest BCUT2D eigenvalue weighted by Crippen LogP contribution is -2.54. The largest absolute Gasteiger partial charge is 0.391 e. The summed E-state index contributed by atoms with van der Waals surface area (Å²) in [6.45, 7) is 12.7. The number of likely N-dealkylation sites (N-methyl/N-ethyl adjacent to an activating group) is 2. The molecule has 2 aliphatic rings. The van der Waals surface area contributed by atoms with E-state index in [1.807, 2.05) is 65.1 Å². The first-order valence-electron chi connectivity index (χ1n) is 22.1. The molecule has 14 nitrogen and oxygen atoms in total. The summed E-state index contributed by atoms with van der Waals surface area (Å²) in [4.78, 5) is 82.7. The Labute approximate surface area is 357 Å². The third-order valence-electron chi connectivity index (χ3n) is 13.2. The first kappa shape index (κ1) is 49.0. The van der Waals surface area contributed by atoms with Crippen LogP contribution in [0.15, 0.2) is 30.5 Å². The fourth-order valence-electron chi connectivity index (χ4n) is 9.44. The zero-order valence-corrected chi connectivity index (χ0v) is 37.8. The number of methoxy groups -OCH3 is 2. The number of carbonyl (C=O) groups excluding carboxylic acids is 5. The highest BCUT2D eigenvalue weighted by molar-refractivity contribution is 5.91. The van der Waals surface area contributed by atoms with Gasteiger partial charge in [0.05, 0.1) is 55.4 Å². The Morgan fingerprint density at radius 1 is 0.967 bits per heavy atom. The number of ketones is 2. The molecule has 60 heavy (non-hydrogen) atoms. The SMILES string of the molecule is CC[C@H](C)[C@@H]([C@@H](CC(=O)N1CCC[C@H]1[C@H](OC)[C@@H](C)C(=O)C[C@@H](Cc1c[nH]c2ccccc12)C(=O)N1CCCCO1)OC)N(C)C(=O)[C@@H](CC(=O)[C@@H](NC)C(C)O)C(C)C. The van der Waals surface area contributed by atoms with E-state index in [0.717, 1.165) is 42.1 Å². The van der Waals surface area contributed by atoms with Gasteiger partial charge in [0.15, 0.2) is 5.78 Å². The predicted molar refractivity (Wildman–Crippen MR) is 231 cm³/mol. The molecule has 1 aromatic heterocycles. The van der Waals surface area contributed by atoms with Crippen molar-refractivity contribution in [3.8, 4) is 0 Å². The van der Waals surface area contributed by atoms with E-state index in [-0.39, 0.29) is 66.4 Å². The second-order valence-corrected chi connectivity index (χ2v) is 17.5. The molecule has 1 unspecified atom stereocenters. The molecule has 3 heterocycles. The van der Waals surface area contributed by atoms with Crippen LogP contribution in [0, 0.1) is 29.6 Å². The molecule has 0 bridgehead atoms. The number of aromatic nitrogens is 1. The molecular weight excluding hydrogens is 767 g/mol. The average molecular weight is 840 g/mol. The number of nitrogens with zero attached hydrogens (tertiary/aromatic N) is 3. The minimum absolute atomic E-state index is 0.000197. The highest BCUT2D eigenvalue weighted by atomic mass is 16.7. The molecule has 0 spiro atoms. The van der Waals surface area contributed by atoms with Crippen molar-refractivity contribution >= 4 is 40.2 Å². The Balaban J connectivity index is 1.51. The molecular formula is C46H73N5O9. The van der Waals surface area contributed by atoms with Gasteiger partial charge in [-0.1, -0.05) is 59.2 Å². The van der Waals surface area contributed by atoms with Crippen LogP contribution in [0.25, 0.3) is 10.9 Å². The van der Waals surface area contributed by atoms with Crippen molar-refractivity contribution in [3.63, 3.8) is 0 Å². The first-order valence-corrected chi connectivity index (χ1v) is 22.1. The maximum Gasteiger partial charge on any atom is 0.250 e. The van der Waals surface area contributed by atoms with Crippen molar-refractivity contribution < 1.29 is 43.4 Å². The van der Waals surface area contributed by atoms with Crippen molar-refractivity contribution in [1.82, 2.24) is 25.2 Å². The predicted octanol–water partition coefficient (Wildman–Crippen LogP) is 4.96. The molecule has 4 rings (SSSR count). The number of ether oxygens (including phenoxy) is 2. The fourth-order valence-corrected chi connectivity index (χ4v) is 9.44. The number of fused-ring (bicyclic) bond motifs is 1. The molecule has 3 N–H and O–H groups in total. The quantitative estimate of drug-likeness (QED) is 0.139. The summed E-state index contributed by atoms with van der Waals surface area (Å²) in [6.07, 6.45) is 3.89. The number of hydrogen-bond donors (Lipinski definition) is 3. The third kappa shape index (κ3) is 11.8. The summed E-state index contributed by atoms with van der Waals surface area (Å²) in [5, 5.41) is 15.5. The summed E-state index contributed by atoms with van der Waals surface area (Å²) in [5.41, 5.74) is 1.92. The number of aliphatic hydroxyl groups is 1. The minimum atomic E-state index is -0.912. The smallest absolute Gasteiger partial charge is 0.250 e. The van der Waals surface area contributed by atoms with E-state index in [1.165, 1.54) is 5.06 Å². The molecule has 3 amide bonds. The van der Waals surface area contributed by atoms with E-state index >= 15 is 0 Å². The van der Waals surface area contributed by atoms with E-state index in [1.54, 1.807) is 45.0 Å². The second-order valence-electron chi connectivity index (χ2n) is 17.5. The minimum Gasteiger partial charge on any atom is -0.391 e. The van der Waals surface area contributed by atoms with Gasteiger partial charge in [-0.15, -0.1) is 0 Å². The van der Waals surface area contributed by atoms with Crippen LogP contribution in [0.3, 0.4) is 0 Å². The van der Waals surface area contributed by atoms with Crippen LogP contribution >= 0.6 is 0 Å². The Hall–Kier alpha value is -3.69. The number of rotatable bonds is 23. The summed E-state index contributed by atoms with van der Waals surface area (Å²) >= 11 is 0. The molecule has 0 radical (unpaired) electrons. The highest BCUT2D eigenvalue weighted by Gasteiger charge is 2.44. The third-order valence-corrected chi connectivity index (χ3v) is 13.2. The van der Waals surface area contributed by atoms with Crippen molar-refractivity contribution in [2.24, 2.45) is 29.6 Å². The number of H-pyrrole nitrogens is 1. The van der Waals surface area contributed by atoms with Crippen molar-refractivity contribution in [2.45, 2.75) is 136 Å². The summed E-state index contributed by atoms with van der Waals surface area (Å²) in [7, 11) is 6.46. The molecule has 0 saturated carbocycles. The lowest BCUT2D eigenvalue weighted by atomic mass is 9.84. The van der Waals surface area contributed by atoms with Gasteiger partial charge < -0.3 is 34.7 Å². The second kappa shape index (κ2) is 23.0. The van der Waals surface area contributed by atoms with E-state index in [2.05, 4.69) is 10.3 Å². The van der Waals surface area contributed by atoms with Gasteiger partial charge >= 0.3 is 0 Å². The molecule has 336 valence electrons. The van der Waals surface area contributed by atoms with E-state index in [9.17, 15) is 29.1 Å². The van der Waals surface area contributed by atoms with Crippen LogP contribution in [0.1, 0.15) is 98.5 Å². The fraction of sp³-hybridized carbons (Fsp3) is 0.717. The number of aromatic amines is 1. The van der Waals surface area contributed by atoms with Gasteiger partial charge in [0.25, 0.3) is 0 Å². The van der Waals surface area contributed by atoms with Crippen molar-refractivity contribution in [2.75, 3.05) is 48.0 Å². The summed E-state index contributed by atoms with van der Waals surface area (Å²) in [6, 6.07) is 6.27. The number of likely N-dealkylation sites (tertiary alicyclic amines) is 1. The number of hydrogen-bond acceptors (Lipinski definition) is 10. The normalized spacial score (nSPS) is 20.6. The molecule has 1 aromatic carbocycles. The summed E-state index contributed by atoms with van der Waals surface area (Å²) < 4.78 is 12.1. The number of aliphatic hydroxyl groups excluding tert-OH is 1. The van der Waals surface area contributed by atoms with Gasteiger partial charge in [-0.3, -0.25) is 28.8 Å². The van der Waals surface area contributed by atoms with Crippen LogP contribution in [-0.2, 0) is 44.7 Å². The van der Waals surface area contributed by atoms with E-state index < -0.39 is 48.1 Å². The Kier molecular flexibility index (Phi) is 18.7. The van der Waals surface area contributed by atoms with Crippen LogP contribution in [0.5, 0.6) is 0 Å². The average Bonchev–Trinajstić information content (AvgIpc) is 3.89. The van der Waals surface area contributed by atoms with Gasteiger partial charge in [-0.2, -0.15) is 0 Å². The van der Waals surface area contributed by atoms with Gasteiger partial charge in [0.1, 0.15) is 5.78 Å². The monoisotopic (exact) mass is 840 g/mol. The Morgan fingerprint density at radius 2 is 1.68 bits per heavy atom. The molecule has 2 fully saturated rings. The zero-order chi connectivity index (χ0) is 44.3. The number of amides is 3. The molecule has 14 heteroatoms. The Morgan fingerprint density at radius 3 is 2.28 bits per heavy atom. The van der Waals surface area contributed by atoms with E-state index in [0.29, 0.717) is 32.5 Å². The van der Waals surface area contributed by atoms with E-state index in [4.69, 9.17) is 14.3 Å². The molecule has 2 aliphatic heterocycles. The molecule has 2 saturated heterocycles. The molecule has 10 atom stereocenters. The van der Waals surface area contributed by atoms with Crippen molar-refractivity contribution in [3.05, 3.63) is 36.0 Å². The van der Waals surface area contributed by atoms with Crippen LogP contribution in [-0.4, -0.2) is 139 Å².